The van der Waals surface area contributed by atoms with E-state index >= 15 is 0 Å². The summed E-state index contributed by atoms with van der Waals surface area (Å²) in [6.45, 7) is 0.160. The Labute approximate surface area is 131 Å². The number of hydrogen-bond acceptors (Lipinski definition) is 5. The van der Waals surface area contributed by atoms with E-state index in [0.29, 0.717) is 11.5 Å². The summed E-state index contributed by atoms with van der Waals surface area (Å²) in [5, 5.41) is 21.9. The van der Waals surface area contributed by atoms with Gasteiger partial charge in [-0.05, 0) is 54.4 Å². The van der Waals surface area contributed by atoms with Crippen LogP contribution in [0.3, 0.4) is 0 Å². The van der Waals surface area contributed by atoms with E-state index in [1.165, 1.54) is 18.6 Å². The van der Waals surface area contributed by atoms with Crippen LogP contribution >= 0.6 is 0 Å². The Balaban J connectivity index is 1.27. The Morgan fingerprint density at radius 1 is 1.00 bits per heavy atom. The Morgan fingerprint density at radius 3 is 2.52 bits per heavy atom. The van der Waals surface area contributed by atoms with Crippen molar-refractivity contribution in [2.75, 3.05) is 0 Å². The van der Waals surface area contributed by atoms with Gasteiger partial charge in [-0.1, -0.05) is 0 Å². The molecule has 4 aliphatic carbocycles. The van der Waals surface area contributed by atoms with Crippen LogP contribution in [-0.2, 0) is 11.3 Å². The number of benzene rings is 1. The molecule has 1 aromatic carbocycles. The maximum atomic E-state index is 11.1. The molecular weight excluding hydrogens is 300 g/mol. The zero-order valence-corrected chi connectivity index (χ0v) is 12.3. The van der Waals surface area contributed by atoms with E-state index in [1.807, 2.05) is 0 Å². The minimum absolute atomic E-state index is 0.160. The molecule has 0 heterocycles. The minimum atomic E-state index is -0.620. The molecule has 1 aromatic rings. The molecule has 0 saturated heterocycles. The van der Waals surface area contributed by atoms with E-state index in [0.717, 1.165) is 42.1 Å². The van der Waals surface area contributed by atoms with Gasteiger partial charge in [-0.25, -0.2) is 0 Å². The van der Waals surface area contributed by atoms with Crippen molar-refractivity contribution in [2.24, 2.45) is 35.5 Å². The van der Waals surface area contributed by atoms with Gasteiger partial charge >= 0.3 is 0 Å². The van der Waals surface area contributed by atoms with Gasteiger partial charge in [0.1, 0.15) is 0 Å². The van der Waals surface area contributed by atoms with Crippen LogP contribution < -0.4 is 0 Å². The van der Waals surface area contributed by atoms with Gasteiger partial charge in [0.2, 0.25) is 0 Å². The summed E-state index contributed by atoms with van der Waals surface area (Å²) < 4.78 is 5.93. The first kappa shape index (κ1) is 13.4. The summed E-state index contributed by atoms with van der Waals surface area (Å²) in [4.78, 5) is 20.7. The van der Waals surface area contributed by atoms with Crippen molar-refractivity contribution in [3.63, 3.8) is 0 Å². The summed E-state index contributed by atoms with van der Waals surface area (Å²) in [6, 6.07) is 3.76. The van der Waals surface area contributed by atoms with Gasteiger partial charge in [-0.2, -0.15) is 0 Å². The van der Waals surface area contributed by atoms with Crippen molar-refractivity contribution in [1.82, 2.24) is 0 Å². The molecule has 4 aliphatic rings. The third kappa shape index (κ3) is 1.68. The molecule has 0 bridgehead atoms. The predicted octanol–water partition coefficient (Wildman–Crippen LogP) is 2.92. The Morgan fingerprint density at radius 2 is 1.78 bits per heavy atom. The second-order valence-electron chi connectivity index (χ2n) is 7.37. The molecule has 7 atom stereocenters. The van der Waals surface area contributed by atoms with Gasteiger partial charge in [-0.3, -0.25) is 20.2 Å². The number of rotatable bonds is 5. The Kier molecular flexibility index (Phi) is 2.50. The van der Waals surface area contributed by atoms with Crippen LogP contribution in [0.1, 0.15) is 18.4 Å². The normalized spacial score (nSPS) is 41.3. The molecule has 0 spiro atoms. The van der Waals surface area contributed by atoms with Crippen molar-refractivity contribution in [3.8, 4) is 0 Å². The van der Waals surface area contributed by atoms with Crippen LogP contribution in [0.4, 0.5) is 11.4 Å². The molecule has 0 aromatic heterocycles. The van der Waals surface area contributed by atoms with Gasteiger partial charge in [0.05, 0.1) is 34.2 Å². The zero-order chi connectivity index (χ0) is 15.9. The summed E-state index contributed by atoms with van der Waals surface area (Å²) in [5.74, 6) is 5.27. The largest absolute Gasteiger partial charge is 0.373 e. The molecule has 7 nitrogen and oxygen atoms in total. The van der Waals surface area contributed by atoms with Crippen LogP contribution in [0.2, 0.25) is 0 Å². The lowest BCUT2D eigenvalue weighted by Gasteiger charge is -2.68. The topological polar surface area (TPSA) is 95.5 Å². The van der Waals surface area contributed by atoms with E-state index in [-0.39, 0.29) is 24.1 Å². The zero-order valence-electron chi connectivity index (χ0n) is 12.3. The van der Waals surface area contributed by atoms with Gasteiger partial charge in [0.15, 0.2) is 0 Å². The van der Waals surface area contributed by atoms with E-state index in [2.05, 4.69) is 0 Å². The van der Waals surface area contributed by atoms with Crippen molar-refractivity contribution < 1.29 is 14.6 Å². The highest BCUT2D eigenvalue weighted by molar-refractivity contribution is 5.48. The van der Waals surface area contributed by atoms with Gasteiger partial charge in [0.25, 0.3) is 11.4 Å². The third-order valence-corrected chi connectivity index (χ3v) is 6.62. The van der Waals surface area contributed by atoms with Gasteiger partial charge in [-0.15, -0.1) is 0 Å². The summed E-state index contributed by atoms with van der Waals surface area (Å²) in [5.41, 5.74) is -0.0782. The number of hydrogen-bond donors (Lipinski definition) is 0. The fourth-order valence-electron chi connectivity index (χ4n) is 5.49. The monoisotopic (exact) mass is 316 g/mol. The van der Waals surface area contributed by atoms with Crippen LogP contribution in [-0.4, -0.2) is 16.0 Å². The lowest BCUT2D eigenvalue weighted by Crippen LogP contribution is -2.67. The quantitative estimate of drug-likeness (QED) is 0.614. The SMILES string of the molecule is O=[N+]([O-])c1ccc(CO[C@@H]2C[C@H]3[C@@H]4[C@@H]5C[C@H]5[C@H]4[C@@H]32)c([N+](=O)[O-])c1. The van der Waals surface area contributed by atoms with E-state index in [1.54, 1.807) is 0 Å². The molecule has 0 radical (unpaired) electrons. The molecule has 23 heavy (non-hydrogen) atoms. The van der Waals surface area contributed by atoms with Crippen LogP contribution in [0, 0.1) is 55.7 Å². The van der Waals surface area contributed by atoms with Gasteiger partial charge in [0, 0.05) is 6.07 Å². The first-order valence-electron chi connectivity index (χ1n) is 8.09. The summed E-state index contributed by atoms with van der Waals surface area (Å²) in [6.07, 6.45) is 2.70. The van der Waals surface area contributed by atoms with E-state index in [9.17, 15) is 20.2 Å². The number of nitrogens with zero attached hydrogens (tertiary/aromatic N) is 2. The van der Waals surface area contributed by atoms with Crippen molar-refractivity contribution in [2.45, 2.75) is 25.6 Å². The Hall–Kier alpha value is -2.02. The molecule has 0 amide bonds. The van der Waals surface area contributed by atoms with E-state index in [4.69, 9.17) is 4.74 Å². The molecule has 4 saturated carbocycles. The second kappa shape index (κ2) is 4.29. The average molecular weight is 316 g/mol. The molecule has 0 unspecified atom stereocenters. The van der Waals surface area contributed by atoms with E-state index < -0.39 is 9.85 Å². The van der Waals surface area contributed by atoms with Crippen molar-refractivity contribution in [1.29, 1.82) is 0 Å². The molecule has 5 rings (SSSR count). The molecule has 0 aliphatic heterocycles. The minimum Gasteiger partial charge on any atom is -0.373 e. The lowest BCUT2D eigenvalue weighted by molar-refractivity contribution is -0.394. The first-order chi connectivity index (χ1) is 11.1. The number of ether oxygens (including phenoxy) is 1. The lowest BCUT2D eigenvalue weighted by atomic mass is 9.38. The molecule has 7 heteroatoms. The van der Waals surface area contributed by atoms with Gasteiger partial charge < -0.3 is 4.74 Å². The summed E-state index contributed by atoms with van der Waals surface area (Å²) in [7, 11) is 0. The van der Waals surface area contributed by atoms with Crippen molar-refractivity contribution >= 4 is 11.4 Å². The predicted molar refractivity (Wildman–Crippen MR) is 78.5 cm³/mol. The molecular formula is C16H16N2O5. The fourth-order valence-corrected chi connectivity index (χ4v) is 5.49. The number of nitro benzene ring substituents is 2. The standard InChI is InChI=1S/C16H16N2O5/c19-17(20)8-2-1-7(12(3-8)18(21)22)6-23-13-5-11-14-9-4-10(9)16(14)15(11)13/h1-3,9-11,13-16H,4-6H2/t9-,10-,11+,13-,14+,15+,16-/m1/s1. The van der Waals surface area contributed by atoms with Crippen LogP contribution in [0.5, 0.6) is 0 Å². The average Bonchev–Trinajstić information content (AvgIpc) is 3.20. The third-order valence-electron chi connectivity index (χ3n) is 6.62. The van der Waals surface area contributed by atoms with Crippen molar-refractivity contribution in [3.05, 3.63) is 44.0 Å². The molecule has 120 valence electrons. The smallest absolute Gasteiger partial charge is 0.281 e. The number of non-ortho nitro benzene ring substituents is 1. The fraction of sp³-hybridized carbons (Fsp3) is 0.625. The summed E-state index contributed by atoms with van der Waals surface area (Å²) >= 11 is 0. The van der Waals surface area contributed by atoms with Crippen LogP contribution in [0.15, 0.2) is 18.2 Å². The second-order valence-corrected chi connectivity index (χ2v) is 7.37. The number of nitro groups is 2. The van der Waals surface area contributed by atoms with Crippen LogP contribution in [0.25, 0.3) is 0 Å². The highest BCUT2D eigenvalue weighted by Crippen LogP contribution is 2.81. The highest BCUT2D eigenvalue weighted by atomic mass is 16.6. The maximum Gasteiger partial charge on any atom is 0.281 e. The highest BCUT2D eigenvalue weighted by Gasteiger charge is 2.77. The maximum absolute atomic E-state index is 11.1. The molecule has 4 fully saturated rings. The first-order valence-corrected chi connectivity index (χ1v) is 8.09. The molecule has 0 N–H and O–H groups in total. The Bertz CT molecular complexity index is 735. The number of fused-ring (bicyclic) bond motifs is 7.